The van der Waals surface area contributed by atoms with Gasteiger partial charge in [-0.15, -0.1) is 10.2 Å². The number of aryl methyl sites for hydroxylation is 1. The molecule has 0 unspecified atom stereocenters. The van der Waals surface area contributed by atoms with E-state index in [9.17, 15) is 9.18 Å². The summed E-state index contributed by atoms with van der Waals surface area (Å²) in [5, 5.41) is 11.5. The number of halogens is 1. The number of para-hydroxylation sites is 1. The molecule has 0 atom stereocenters. The van der Waals surface area contributed by atoms with Crippen LogP contribution >= 0.6 is 23.1 Å². The summed E-state index contributed by atoms with van der Waals surface area (Å²) in [6.45, 7) is 5.17. The molecule has 6 nitrogen and oxygen atoms in total. The molecule has 3 aromatic rings. The third-order valence-corrected chi connectivity index (χ3v) is 6.80. The minimum Gasteiger partial charge on any atom is -0.368 e. The first-order valence-electron chi connectivity index (χ1n) is 9.66. The van der Waals surface area contributed by atoms with Crippen molar-refractivity contribution >= 4 is 45.5 Å². The summed E-state index contributed by atoms with van der Waals surface area (Å²) in [5.41, 5.74) is 2.80. The van der Waals surface area contributed by atoms with Crippen LogP contribution in [0.3, 0.4) is 0 Å². The quantitative estimate of drug-likeness (QED) is 0.577. The van der Waals surface area contributed by atoms with E-state index in [1.807, 2.05) is 4.90 Å². The van der Waals surface area contributed by atoms with Gasteiger partial charge in [-0.3, -0.25) is 4.79 Å². The van der Waals surface area contributed by atoms with Gasteiger partial charge in [0.1, 0.15) is 5.82 Å². The fraction of sp³-hybridized carbons (Fsp3) is 0.286. The fourth-order valence-corrected chi connectivity index (χ4v) is 4.92. The molecule has 0 aliphatic carbocycles. The Morgan fingerprint density at radius 1 is 1.13 bits per heavy atom. The number of nitrogens with zero attached hydrogens (tertiary/aromatic N) is 4. The minimum atomic E-state index is -0.345. The highest BCUT2D eigenvalue weighted by molar-refractivity contribution is 8.01. The second-order valence-corrected chi connectivity index (χ2v) is 9.17. The summed E-state index contributed by atoms with van der Waals surface area (Å²) in [4.78, 5) is 16.8. The van der Waals surface area contributed by atoms with Crippen molar-refractivity contribution < 1.29 is 9.18 Å². The average Bonchev–Trinajstić information content (AvgIpc) is 3.21. The number of hydrogen-bond acceptors (Lipinski definition) is 7. The first kappa shape index (κ1) is 20.6. The Kier molecular flexibility index (Phi) is 6.49. The maximum absolute atomic E-state index is 13.7. The van der Waals surface area contributed by atoms with E-state index < -0.39 is 0 Å². The van der Waals surface area contributed by atoms with Gasteiger partial charge in [0.25, 0.3) is 0 Å². The number of carbonyl (C=O) groups is 1. The van der Waals surface area contributed by atoms with Gasteiger partial charge in [-0.2, -0.15) is 0 Å². The number of anilines is 3. The molecule has 1 amide bonds. The molecule has 1 aliphatic rings. The molecule has 2 aromatic carbocycles. The van der Waals surface area contributed by atoms with Crippen molar-refractivity contribution in [2.75, 3.05) is 42.1 Å². The number of piperazine rings is 1. The second kappa shape index (κ2) is 9.44. The Morgan fingerprint density at radius 3 is 2.70 bits per heavy atom. The number of benzene rings is 2. The largest absolute Gasteiger partial charge is 0.368 e. The monoisotopic (exact) mass is 443 g/mol. The van der Waals surface area contributed by atoms with Crippen molar-refractivity contribution in [2.24, 2.45) is 0 Å². The second-order valence-electron chi connectivity index (χ2n) is 6.97. The van der Waals surface area contributed by atoms with E-state index >= 15 is 0 Å². The lowest BCUT2D eigenvalue weighted by Gasteiger charge is -2.36. The summed E-state index contributed by atoms with van der Waals surface area (Å²) < 4.78 is 14.4. The number of nitrogens with one attached hydrogen (secondary N) is 1. The van der Waals surface area contributed by atoms with E-state index in [1.54, 1.807) is 18.2 Å². The highest BCUT2D eigenvalue weighted by Gasteiger charge is 2.22. The minimum absolute atomic E-state index is 0.0997. The highest BCUT2D eigenvalue weighted by Crippen LogP contribution is 2.28. The molecule has 0 saturated carbocycles. The number of carbonyl (C=O) groups excluding carboxylic acids is 1. The van der Waals surface area contributed by atoms with Crippen molar-refractivity contribution in [3.8, 4) is 0 Å². The van der Waals surface area contributed by atoms with Gasteiger partial charge in [0.15, 0.2) is 4.34 Å². The topological polar surface area (TPSA) is 61.4 Å². The molecule has 0 spiro atoms. The summed E-state index contributed by atoms with van der Waals surface area (Å²) in [6, 6.07) is 14.9. The number of thioether (sulfide) groups is 1. The molecular formula is C21H22FN5OS2. The Morgan fingerprint density at radius 2 is 1.93 bits per heavy atom. The maximum atomic E-state index is 13.7. The first-order valence-corrected chi connectivity index (χ1v) is 11.5. The van der Waals surface area contributed by atoms with Gasteiger partial charge in [-0.25, -0.2) is 4.39 Å². The van der Waals surface area contributed by atoms with Gasteiger partial charge in [0, 0.05) is 31.9 Å². The van der Waals surface area contributed by atoms with Gasteiger partial charge in [-0.05, 0) is 36.8 Å². The van der Waals surface area contributed by atoms with Crippen LogP contribution in [0.25, 0.3) is 0 Å². The predicted molar refractivity (Wildman–Crippen MR) is 120 cm³/mol. The number of hydrogen-bond donors (Lipinski definition) is 1. The van der Waals surface area contributed by atoms with E-state index in [1.165, 1.54) is 40.4 Å². The van der Waals surface area contributed by atoms with E-state index in [2.05, 4.69) is 51.6 Å². The molecular weight excluding hydrogens is 421 g/mol. The van der Waals surface area contributed by atoms with Gasteiger partial charge >= 0.3 is 0 Å². The van der Waals surface area contributed by atoms with Crippen LogP contribution in [0.15, 0.2) is 52.9 Å². The third kappa shape index (κ3) is 5.09. The van der Waals surface area contributed by atoms with Crippen LogP contribution in [-0.2, 0) is 4.79 Å². The Bertz CT molecular complexity index is 1020. The van der Waals surface area contributed by atoms with Crippen LogP contribution < -0.4 is 10.2 Å². The van der Waals surface area contributed by atoms with Gasteiger partial charge < -0.3 is 15.1 Å². The van der Waals surface area contributed by atoms with Crippen molar-refractivity contribution in [3.05, 3.63) is 59.9 Å². The van der Waals surface area contributed by atoms with E-state index in [0.717, 1.165) is 13.1 Å². The summed E-state index contributed by atoms with van der Waals surface area (Å²) in [6.07, 6.45) is 0. The Balaban J connectivity index is 1.25. The summed E-state index contributed by atoms with van der Waals surface area (Å²) in [7, 11) is 0. The lowest BCUT2D eigenvalue weighted by atomic mass is 10.2. The van der Waals surface area contributed by atoms with Crippen LogP contribution in [0.1, 0.15) is 5.56 Å². The molecule has 1 fully saturated rings. The first-order chi connectivity index (χ1) is 14.6. The highest BCUT2D eigenvalue weighted by atomic mass is 32.2. The maximum Gasteiger partial charge on any atom is 0.233 e. The van der Waals surface area contributed by atoms with Crippen molar-refractivity contribution in [2.45, 2.75) is 11.3 Å². The summed E-state index contributed by atoms with van der Waals surface area (Å²) >= 11 is 2.67. The van der Waals surface area contributed by atoms with Crippen LogP contribution in [0.4, 0.5) is 20.9 Å². The normalized spacial score (nSPS) is 14.1. The molecule has 156 valence electrons. The summed E-state index contributed by atoms with van der Waals surface area (Å²) in [5.74, 6) is 0.0725. The number of amides is 1. The van der Waals surface area contributed by atoms with Gasteiger partial charge in [0.2, 0.25) is 11.0 Å². The number of aromatic nitrogens is 2. The van der Waals surface area contributed by atoms with Crippen molar-refractivity contribution in [3.63, 3.8) is 0 Å². The van der Waals surface area contributed by atoms with Gasteiger partial charge in [0.05, 0.1) is 11.4 Å². The Hall–Kier alpha value is -2.65. The number of rotatable bonds is 6. The molecule has 1 saturated heterocycles. The Labute approximate surface area is 183 Å². The zero-order valence-corrected chi connectivity index (χ0v) is 18.2. The SMILES string of the molecule is Cc1cccc(N2CCN(C(=O)CSc3nnc(Nc4ccccc4F)s3)CC2)c1. The van der Waals surface area contributed by atoms with Gasteiger partial charge in [-0.1, -0.05) is 47.4 Å². The molecule has 30 heavy (non-hydrogen) atoms. The van der Waals surface area contributed by atoms with Crippen molar-refractivity contribution in [1.29, 1.82) is 0 Å². The van der Waals surface area contributed by atoms with E-state index in [-0.39, 0.29) is 11.7 Å². The molecule has 0 radical (unpaired) electrons. The molecule has 1 aromatic heterocycles. The molecule has 0 bridgehead atoms. The average molecular weight is 444 g/mol. The van der Waals surface area contributed by atoms with Crippen LogP contribution in [0, 0.1) is 12.7 Å². The van der Waals surface area contributed by atoms with E-state index in [0.29, 0.717) is 34.0 Å². The van der Waals surface area contributed by atoms with Crippen LogP contribution in [0.2, 0.25) is 0 Å². The fourth-order valence-electron chi connectivity index (χ4n) is 3.25. The standard InChI is InChI=1S/C21H22FN5OS2/c1-15-5-4-6-16(13-15)26-9-11-27(12-10-26)19(28)14-29-21-25-24-20(30-21)23-18-8-3-2-7-17(18)22/h2-8,13H,9-12,14H2,1H3,(H,23,24). The zero-order valence-electron chi connectivity index (χ0n) is 16.5. The predicted octanol–water partition coefficient (Wildman–Crippen LogP) is 4.17. The molecule has 1 aliphatic heterocycles. The van der Waals surface area contributed by atoms with Crippen LogP contribution in [0.5, 0.6) is 0 Å². The van der Waals surface area contributed by atoms with Crippen molar-refractivity contribution in [1.82, 2.24) is 15.1 Å². The smallest absolute Gasteiger partial charge is 0.233 e. The lowest BCUT2D eigenvalue weighted by Crippen LogP contribution is -2.49. The zero-order chi connectivity index (χ0) is 20.9. The van der Waals surface area contributed by atoms with E-state index in [4.69, 9.17) is 0 Å². The molecule has 1 N–H and O–H groups in total. The molecule has 2 heterocycles. The molecule has 9 heteroatoms. The van der Waals surface area contributed by atoms with Crippen LogP contribution in [-0.4, -0.2) is 52.9 Å². The lowest BCUT2D eigenvalue weighted by molar-refractivity contribution is -0.128. The third-order valence-electron chi connectivity index (χ3n) is 4.84. The molecule has 4 rings (SSSR count).